The van der Waals surface area contributed by atoms with Crippen LogP contribution in [0, 0.1) is 29.1 Å². The minimum atomic E-state index is -2.36. The fourth-order valence-corrected chi connectivity index (χ4v) is 4.12. The van der Waals surface area contributed by atoms with Crippen LogP contribution in [0.5, 0.6) is 5.75 Å². The Morgan fingerprint density at radius 3 is 2.00 bits per heavy atom. The average Bonchev–Trinajstić information content (AvgIpc) is 3.08. The molecule has 280 valence electrons. The molecule has 0 aromatic heterocycles. The number of nitrogens with zero attached hydrogens (tertiary/aromatic N) is 3. The summed E-state index contributed by atoms with van der Waals surface area (Å²) in [6, 6.07) is 0. The van der Waals surface area contributed by atoms with Gasteiger partial charge in [-0.2, -0.15) is 13.9 Å². The van der Waals surface area contributed by atoms with Gasteiger partial charge in [-0.15, -0.1) is 0 Å². The van der Waals surface area contributed by atoms with Crippen molar-refractivity contribution in [1.82, 2.24) is 10.5 Å². The van der Waals surface area contributed by atoms with Crippen LogP contribution in [0.2, 0.25) is 0 Å². The fourth-order valence-electron chi connectivity index (χ4n) is 4.12. The number of aliphatic hydroxyl groups is 2. The van der Waals surface area contributed by atoms with E-state index in [1.807, 2.05) is 0 Å². The van der Waals surface area contributed by atoms with Crippen LogP contribution in [0.25, 0.3) is 0 Å². The molecule has 1 aliphatic rings. The highest BCUT2D eigenvalue weighted by molar-refractivity contribution is 6.30. The van der Waals surface area contributed by atoms with E-state index in [0.29, 0.717) is 45.0 Å². The van der Waals surface area contributed by atoms with E-state index in [4.69, 9.17) is 39.9 Å². The van der Waals surface area contributed by atoms with Crippen molar-refractivity contribution in [3.05, 3.63) is 29.1 Å². The lowest BCUT2D eigenvalue weighted by Gasteiger charge is -2.37. The van der Waals surface area contributed by atoms with Gasteiger partial charge in [0.1, 0.15) is 12.3 Å². The number of nitrogens with two attached hydrogens (primary N) is 1. The van der Waals surface area contributed by atoms with Gasteiger partial charge in [0.2, 0.25) is 34.8 Å². The van der Waals surface area contributed by atoms with Crippen LogP contribution in [0.1, 0.15) is 25.7 Å². The van der Waals surface area contributed by atoms with Gasteiger partial charge in [-0.3, -0.25) is 25.5 Å². The summed E-state index contributed by atoms with van der Waals surface area (Å²) in [5.74, 6) is -8.84. The molecule has 1 aromatic rings. The number of carbonyl (C=O) groups excluding carboxylic acids is 1. The van der Waals surface area contributed by atoms with Crippen LogP contribution < -0.4 is 15.9 Å². The smallest absolute Gasteiger partial charge is 0.313 e. The van der Waals surface area contributed by atoms with Crippen molar-refractivity contribution in [2.75, 3.05) is 72.5 Å². The van der Waals surface area contributed by atoms with Crippen LogP contribution >= 0.6 is 0 Å². The molecular weight excluding hydrogens is 677 g/mol. The molecule has 2 rings (SSSR count). The summed E-state index contributed by atoms with van der Waals surface area (Å²) in [6.45, 7) is 1.85. The summed E-state index contributed by atoms with van der Waals surface area (Å²) in [5.41, 5.74) is 0.466. The molecule has 1 saturated heterocycles. The van der Waals surface area contributed by atoms with E-state index in [9.17, 15) is 37.0 Å². The maximum atomic E-state index is 13.5. The number of aliphatic imine (C=N–C) groups is 1. The van der Waals surface area contributed by atoms with Gasteiger partial charge >= 0.3 is 5.97 Å². The van der Waals surface area contributed by atoms with Crippen LogP contribution in [0.4, 0.5) is 22.0 Å². The van der Waals surface area contributed by atoms with Gasteiger partial charge in [0.25, 0.3) is 0 Å². The van der Waals surface area contributed by atoms with E-state index in [1.54, 1.807) is 0 Å². The van der Waals surface area contributed by atoms with Gasteiger partial charge < -0.3 is 44.5 Å². The Bertz CT molecular complexity index is 1180. The first-order valence-corrected chi connectivity index (χ1v) is 15.2. The number of hydroxylamine groups is 2. The number of ether oxygens (including phenoxy) is 6. The van der Waals surface area contributed by atoms with E-state index in [1.165, 1.54) is 6.21 Å². The number of nitrogens with one attached hydrogen (secondary N) is 1. The summed E-state index contributed by atoms with van der Waals surface area (Å²) in [6.07, 6.45) is -1.83. The Kier molecular flexibility index (Phi) is 20.2. The van der Waals surface area contributed by atoms with Crippen molar-refractivity contribution < 1.29 is 75.8 Å². The molecule has 1 heterocycles. The molecule has 0 aliphatic carbocycles. The molecule has 0 spiro atoms. The lowest BCUT2D eigenvalue weighted by Crippen LogP contribution is -2.55. The molecule has 4 unspecified atom stereocenters. The van der Waals surface area contributed by atoms with E-state index in [0.717, 1.165) is 0 Å². The molecule has 1 fully saturated rings. The lowest BCUT2D eigenvalue weighted by molar-refractivity contribution is -0.310. The first kappa shape index (κ1) is 42.2. The number of hydrazone groups is 1. The molecule has 16 nitrogen and oxygen atoms in total. The molecule has 7 N–H and O–H groups in total. The number of rotatable bonds is 24. The highest BCUT2D eigenvalue weighted by Crippen LogP contribution is 2.29. The molecule has 0 amide bonds. The highest BCUT2D eigenvalue weighted by atomic mass is 19.2. The lowest BCUT2D eigenvalue weighted by atomic mass is 9.99. The minimum Gasteiger partial charge on any atom is -0.420 e. The summed E-state index contributed by atoms with van der Waals surface area (Å²) in [7, 11) is 0. The maximum absolute atomic E-state index is 13.5. The normalized spacial score (nSPS) is 20.1. The zero-order valence-electron chi connectivity index (χ0n) is 26.4. The Morgan fingerprint density at radius 1 is 0.878 bits per heavy atom. The fraction of sp³-hybridized carbons (Fsp3) is 0.679. The number of carbonyl (C=O) groups is 1. The largest absolute Gasteiger partial charge is 0.420 e. The second kappa shape index (κ2) is 23.4. The van der Waals surface area contributed by atoms with Gasteiger partial charge in [0.05, 0.1) is 90.3 Å². The van der Waals surface area contributed by atoms with Crippen molar-refractivity contribution in [2.24, 2.45) is 15.9 Å². The molecule has 21 heteroatoms. The molecule has 1 aliphatic heterocycles. The average molecular weight is 720 g/mol. The number of hydrogen-bond donors (Lipinski definition) is 6. The van der Waals surface area contributed by atoms with Crippen LogP contribution in [0.3, 0.4) is 0 Å². The Balaban J connectivity index is 1.43. The van der Waals surface area contributed by atoms with Crippen molar-refractivity contribution in [3.8, 4) is 5.75 Å². The number of aliphatic hydroxyl groups excluding tert-OH is 2. The summed E-state index contributed by atoms with van der Waals surface area (Å²) < 4.78 is 97.5. The molecule has 0 radical (unpaired) electrons. The summed E-state index contributed by atoms with van der Waals surface area (Å²) in [4.78, 5) is 15.8. The van der Waals surface area contributed by atoms with Gasteiger partial charge in [0.15, 0.2) is 0 Å². The predicted molar refractivity (Wildman–Crippen MR) is 158 cm³/mol. The zero-order valence-corrected chi connectivity index (χ0v) is 26.4. The molecule has 49 heavy (non-hydrogen) atoms. The topological polar surface area (TPSA) is 219 Å². The van der Waals surface area contributed by atoms with Crippen LogP contribution in [-0.4, -0.2) is 141 Å². The first-order chi connectivity index (χ1) is 23.5. The number of hydrogen-bond acceptors (Lipinski definition) is 16. The van der Waals surface area contributed by atoms with E-state index < -0.39 is 71.8 Å². The Morgan fingerprint density at radius 2 is 1.43 bits per heavy atom. The third-order valence-electron chi connectivity index (χ3n) is 6.65. The standard InChI is InChI=1S/C28H42F5N5O11/c29-21-22(30)24(32)27(25(33)23(21)31)49-20(40)3-7-44-9-11-46-13-14-47-12-10-45-8-5-35-16-17(37-34)1-4-36-28-26(41)19(39)15-18(48-28)2-6-38(42)43/h16,18-19,26,28,36,39,41-43H,1-15,34H2. The summed E-state index contributed by atoms with van der Waals surface area (Å²) in [5, 5.41) is 44.6. The molecule has 0 saturated carbocycles. The van der Waals surface area contributed by atoms with Crippen molar-refractivity contribution >= 4 is 17.9 Å². The van der Waals surface area contributed by atoms with Crippen LogP contribution in [-0.2, 0) is 28.5 Å². The zero-order chi connectivity index (χ0) is 36.2. The van der Waals surface area contributed by atoms with E-state index in [2.05, 4.69) is 20.1 Å². The third kappa shape index (κ3) is 15.6. The quantitative estimate of drug-likeness (QED) is 0.00982. The molecule has 4 atom stereocenters. The first-order valence-electron chi connectivity index (χ1n) is 15.2. The Hall–Kier alpha value is -2.96. The Labute approximate surface area is 278 Å². The number of halogens is 5. The van der Waals surface area contributed by atoms with E-state index >= 15 is 0 Å². The SMILES string of the molecule is NN=C(C=NCCOCCOCCOCCOCCC(=O)Oc1c(F)c(F)c(F)c(F)c1F)CCNC1OC(CCN(O)O)CC(O)C1O. The minimum absolute atomic E-state index is 0.0294. The third-order valence-corrected chi connectivity index (χ3v) is 6.65. The molecular formula is C28H42F5N5O11. The van der Waals surface area contributed by atoms with Gasteiger partial charge in [0, 0.05) is 25.6 Å². The van der Waals surface area contributed by atoms with Crippen molar-refractivity contribution in [2.45, 2.75) is 50.2 Å². The van der Waals surface area contributed by atoms with Gasteiger partial charge in [-0.05, 0) is 6.42 Å². The highest BCUT2D eigenvalue weighted by Gasteiger charge is 2.36. The van der Waals surface area contributed by atoms with Crippen molar-refractivity contribution in [3.63, 3.8) is 0 Å². The number of esters is 1. The summed E-state index contributed by atoms with van der Waals surface area (Å²) >= 11 is 0. The van der Waals surface area contributed by atoms with Gasteiger partial charge in [-0.1, -0.05) is 5.23 Å². The molecule has 1 aromatic carbocycles. The van der Waals surface area contributed by atoms with Crippen molar-refractivity contribution in [1.29, 1.82) is 0 Å². The molecule has 0 bridgehead atoms. The van der Waals surface area contributed by atoms with E-state index in [-0.39, 0.29) is 57.6 Å². The van der Waals surface area contributed by atoms with Crippen LogP contribution in [0.15, 0.2) is 10.1 Å². The monoisotopic (exact) mass is 719 g/mol. The second-order valence-corrected chi connectivity index (χ2v) is 10.3. The maximum Gasteiger partial charge on any atom is 0.313 e. The second-order valence-electron chi connectivity index (χ2n) is 10.3. The number of benzene rings is 1. The van der Waals surface area contributed by atoms with Gasteiger partial charge in [-0.25, -0.2) is 13.2 Å². The predicted octanol–water partition coefficient (Wildman–Crippen LogP) is 0.417.